The van der Waals surface area contributed by atoms with Crippen molar-refractivity contribution in [1.82, 2.24) is 0 Å². The Balaban J connectivity index is 3.17. The van der Waals surface area contributed by atoms with Gasteiger partial charge in [0.1, 0.15) is 0 Å². The van der Waals surface area contributed by atoms with E-state index in [2.05, 4.69) is 26.8 Å². The van der Waals surface area contributed by atoms with Crippen LogP contribution in [0.5, 0.6) is 0 Å². The summed E-state index contributed by atoms with van der Waals surface area (Å²) in [5.74, 6) is 0. The Kier molecular flexibility index (Phi) is 2.71. The number of nitrogen functional groups attached to an aromatic ring is 1. The molecule has 0 aliphatic carbocycles. The average Bonchev–Trinajstić information content (AvgIpc) is 2.02. The van der Waals surface area contributed by atoms with Gasteiger partial charge in [-0.2, -0.15) is 0 Å². The molecular weight excluding hydrogens is 178 g/mol. The van der Waals surface area contributed by atoms with Crippen molar-refractivity contribution in [3.05, 3.63) is 29.3 Å². The minimum absolute atomic E-state index is 0.147. The molecule has 1 aromatic carbocycles. The maximum Gasteiger partial charge on any atom is 0.0399 e. The summed E-state index contributed by atoms with van der Waals surface area (Å²) in [6, 6.07) is 6.05. The maximum atomic E-state index is 5.83. The molecule has 1 nitrogen and oxygen atoms in total. The molecule has 0 aromatic heterocycles. The summed E-state index contributed by atoms with van der Waals surface area (Å²) < 4.78 is 0. The van der Waals surface area contributed by atoms with Gasteiger partial charge < -0.3 is 5.73 Å². The van der Waals surface area contributed by atoms with Crippen molar-refractivity contribution >= 4 is 23.3 Å². The van der Waals surface area contributed by atoms with E-state index in [4.69, 9.17) is 18.0 Å². The van der Waals surface area contributed by atoms with Crippen LogP contribution in [-0.2, 0) is 5.41 Å². The van der Waals surface area contributed by atoms with Crippen LogP contribution < -0.4 is 5.73 Å². The van der Waals surface area contributed by atoms with Crippen LogP contribution >= 0.6 is 12.2 Å². The molecule has 13 heavy (non-hydrogen) atoms. The van der Waals surface area contributed by atoms with Gasteiger partial charge in [-0.05, 0) is 17.0 Å². The van der Waals surface area contributed by atoms with Crippen molar-refractivity contribution in [2.24, 2.45) is 0 Å². The average molecular weight is 193 g/mol. The molecule has 0 fully saturated rings. The molecule has 0 unspecified atom stereocenters. The smallest absolute Gasteiger partial charge is 0.0399 e. The summed E-state index contributed by atoms with van der Waals surface area (Å²) >= 11 is 4.84. The largest absolute Gasteiger partial charge is 0.398 e. The van der Waals surface area contributed by atoms with Gasteiger partial charge in [0.05, 0.1) is 0 Å². The molecular formula is C11H15NS. The molecule has 0 amide bonds. The van der Waals surface area contributed by atoms with Crippen LogP contribution in [0, 0.1) is 0 Å². The Morgan fingerprint density at radius 2 is 1.92 bits per heavy atom. The van der Waals surface area contributed by atoms with Crippen molar-refractivity contribution in [3.63, 3.8) is 0 Å². The highest BCUT2D eigenvalue weighted by molar-refractivity contribution is 7.79. The Hall–Kier alpha value is -0.890. The highest BCUT2D eigenvalue weighted by Gasteiger charge is 2.13. The van der Waals surface area contributed by atoms with Crippen LogP contribution in [0.3, 0.4) is 0 Å². The molecule has 0 heterocycles. The molecule has 0 saturated heterocycles. The molecule has 0 radical (unpaired) electrons. The van der Waals surface area contributed by atoms with Gasteiger partial charge in [-0.1, -0.05) is 45.1 Å². The molecule has 0 saturated carbocycles. The first kappa shape index (κ1) is 10.2. The molecule has 0 aliphatic rings. The first-order chi connectivity index (χ1) is 5.95. The number of nitrogens with two attached hydrogens (primary N) is 1. The first-order valence-electron chi connectivity index (χ1n) is 4.30. The third-order valence-electron chi connectivity index (χ3n) is 2.08. The second-order valence-corrected chi connectivity index (χ2v) is 4.45. The Morgan fingerprint density at radius 1 is 1.31 bits per heavy atom. The normalized spacial score (nSPS) is 11.3. The quantitative estimate of drug-likeness (QED) is 0.548. The van der Waals surface area contributed by atoms with Crippen LogP contribution in [0.4, 0.5) is 5.69 Å². The highest BCUT2D eigenvalue weighted by Crippen LogP contribution is 2.25. The molecule has 70 valence electrons. The lowest BCUT2D eigenvalue weighted by molar-refractivity contribution is 0.590. The summed E-state index contributed by atoms with van der Waals surface area (Å²) in [5.41, 5.74) is 8.92. The van der Waals surface area contributed by atoms with Crippen molar-refractivity contribution in [3.8, 4) is 0 Å². The molecule has 0 bridgehead atoms. The fourth-order valence-corrected chi connectivity index (χ4v) is 1.36. The second kappa shape index (κ2) is 3.46. The van der Waals surface area contributed by atoms with Crippen LogP contribution in [0.1, 0.15) is 31.9 Å². The number of benzene rings is 1. The molecule has 1 rings (SSSR count). The SMILES string of the molecule is CC(C)(C)c1ccc(C=S)c(N)c1. The zero-order chi connectivity index (χ0) is 10.1. The van der Waals surface area contributed by atoms with E-state index in [1.54, 1.807) is 5.37 Å². The fourth-order valence-electron chi connectivity index (χ4n) is 1.15. The number of rotatable bonds is 1. The molecule has 1 aromatic rings. The summed E-state index contributed by atoms with van der Waals surface area (Å²) in [7, 11) is 0. The van der Waals surface area contributed by atoms with Crippen molar-refractivity contribution < 1.29 is 0 Å². The van der Waals surface area contributed by atoms with E-state index in [1.165, 1.54) is 5.56 Å². The van der Waals surface area contributed by atoms with E-state index in [0.29, 0.717) is 0 Å². The van der Waals surface area contributed by atoms with Crippen LogP contribution in [0.25, 0.3) is 0 Å². The number of anilines is 1. The van der Waals surface area contributed by atoms with Gasteiger partial charge in [-0.25, -0.2) is 0 Å². The number of hydrogen-bond acceptors (Lipinski definition) is 2. The lowest BCUT2D eigenvalue weighted by Gasteiger charge is -2.19. The fraction of sp³-hybridized carbons (Fsp3) is 0.364. The molecule has 2 heteroatoms. The minimum atomic E-state index is 0.147. The van der Waals surface area contributed by atoms with E-state index in [1.807, 2.05) is 12.1 Å². The summed E-state index contributed by atoms with van der Waals surface area (Å²) in [5, 5.41) is 1.61. The lowest BCUT2D eigenvalue weighted by atomic mass is 9.86. The molecule has 0 aliphatic heterocycles. The van der Waals surface area contributed by atoms with Crippen LogP contribution in [-0.4, -0.2) is 5.37 Å². The van der Waals surface area contributed by atoms with E-state index in [-0.39, 0.29) is 5.41 Å². The van der Waals surface area contributed by atoms with Gasteiger partial charge in [-0.15, -0.1) is 0 Å². The Bertz CT molecular complexity index is 323. The zero-order valence-corrected chi connectivity index (χ0v) is 9.11. The molecule has 0 atom stereocenters. The van der Waals surface area contributed by atoms with Gasteiger partial charge in [0.25, 0.3) is 0 Å². The van der Waals surface area contributed by atoms with Gasteiger partial charge in [0.15, 0.2) is 0 Å². The third-order valence-corrected chi connectivity index (χ3v) is 2.33. The Labute approximate surface area is 85.0 Å². The predicted molar refractivity (Wildman–Crippen MR) is 62.3 cm³/mol. The van der Waals surface area contributed by atoms with E-state index in [0.717, 1.165) is 11.3 Å². The monoisotopic (exact) mass is 193 g/mol. The Morgan fingerprint density at radius 3 is 2.31 bits per heavy atom. The zero-order valence-electron chi connectivity index (χ0n) is 8.29. The van der Waals surface area contributed by atoms with Crippen molar-refractivity contribution in [2.45, 2.75) is 26.2 Å². The van der Waals surface area contributed by atoms with Gasteiger partial charge in [0, 0.05) is 16.6 Å². The van der Waals surface area contributed by atoms with E-state index < -0.39 is 0 Å². The van der Waals surface area contributed by atoms with Crippen LogP contribution in [0.15, 0.2) is 18.2 Å². The minimum Gasteiger partial charge on any atom is -0.398 e. The standard InChI is InChI=1S/C11H15NS/c1-11(2,3)9-5-4-8(7-13)10(12)6-9/h4-7H,12H2,1-3H3. The lowest BCUT2D eigenvalue weighted by Crippen LogP contribution is -2.11. The number of hydrogen-bond donors (Lipinski definition) is 1. The number of thiocarbonyl (C=S) groups is 1. The topological polar surface area (TPSA) is 26.0 Å². The van der Waals surface area contributed by atoms with Gasteiger partial charge >= 0.3 is 0 Å². The summed E-state index contributed by atoms with van der Waals surface area (Å²) in [6.45, 7) is 6.50. The van der Waals surface area contributed by atoms with Gasteiger partial charge in [0.2, 0.25) is 0 Å². The van der Waals surface area contributed by atoms with Gasteiger partial charge in [-0.3, -0.25) is 0 Å². The van der Waals surface area contributed by atoms with E-state index >= 15 is 0 Å². The van der Waals surface area contributed by atoms with E-state index in [9.17, 15) is 0 Å². The summed E-state index contributed by atoms with van der Waals surface area (Å²) in [6.07, 6.45) is 0. The van der Waals surface area contributed by atoms with Crippen molar-refractivity contribution in [1.29, 1.82) is 0 Å². The van der Waals surface area contributed by atoms with Crippen LogP contribution in [0.2, 0.25) is 0 Å². The predicted octanol–water partition coefficient (Wildman–Crippen LogP) is 2.91. The third kappa shape index (κ3) is 2.28. The molecule has 2 N–H and O–H groups in total. The first-order valence-corrected chi connectivity index (χ1v) is 4.77. The molecule has 0 spiro atoms. The second-order valence-electron chi connectivity index (χ2n) is 4.21. The maximum absolute atomic E-state index is 5.83. The summed E-state index contributed by atoms with van der Waals surface area (Å²) in [4.78, 5) is 0. The highest BCUT2D eigenvalue weighted by atomic mass is 32.1. The van der Waals surface area contributed by atoms with Crippen molar-refractivity contribution in [2.75, 3.05) is 5.73 Å².